The maximum atomic E-state index is 13.9. The highest BCUT2D eigenvalue weighted by Crippen LogP contribution is 2.40. The van der Waals surface area contributed by atoms with Crippen molar-refractivity contribution in [3.05, 3.63) is 23.5 Å². The summed E-state index contributed by atoms with van der Waals surface area (Å²) in [5.41, 5.74) is 1.33. The number of hydrogen-bond donors (Lipinski definition) is 4. The van der Waals surface area contributed by atoms with Crippen molar-refractivity contribution in [2.24, 2.45) is 11.8 Å². The molecule has 6 heteroatoms. The van der Waals surface area contributed by atoms with E-state index < -0.39 is 11.8 Å². The van der Waals surface area contributed by atoms with Gasteiger partial charge in [-0.15, -0.1) is 0 Å². The van der Waals surface area contributed by atoms with E-state index in [1.165, 1.54) is 0 Å². The van der Waals surface area contributed by atoms with Gasteiger partial charge in [-0.1, -0.05) is 13.8 Å². The maximum Gasteiger partial charge on any atom is 0.317 e. The second-order valence-electron chi connectivity index (χ2n) is 6.53. The van der Waals surface area contributed by atoms with Crippen molar-refractivity contribution >= 4 is 11.7 Å². The largest absolute Gasteiger partial charge is 0.508 e. The molecule has 0 fully saturated rings. The average molecular weight is 324 g/mol. The van der Waals surface area contributed by atoms with Gasteiger partial charge in [0.1, 0.15) is 11.6 Å². The summed E-state index contributed by atoms with van der Waals surface area (Å²) in [5.74, 6) is -0.374. The summed E-state index contributed by atoms with van der Waals surface area (Å²) in [6.07, 6.45) is 1.95. The summed E-state index contributed by atoms with van der Waals surface area (Å²) >= 11 is 0. The fraction of sp³-hybridized carbons (Fsp3) is 0.588. The monoisotopic (exact) mass is 324 g/mol. The van der Waals surface area contributed by atoms with E-state index in [1.807, 2.05) is 0 Å². The number of rotatable bonds is 7. The molecule has 1 aliphatic heterocycles. The number of phenolic OH excluding ortho intramolecular Hbond substituents is 1. The Hall–Kier alpha value is -1.82. The molecule has 0 bridgehead atoms. The SMILES string of the molecule is CC(CCC1CNc2c(F)cc(O)cc2C1C)CNCC(=O)O. The lowest BCUT2D eigenvalue weighted by Crippen LogP contribution is -2.30. The van der Waals surface area contributed by atoms with Crippen molar-refractivity contribution in [3.63, 3.8) is 0 Å². The quantitative estimate of drug-likeness (QED) is 0.580. The molecule has 3 atom stereocenters. The molecule has 0 saturated heterocycles. The molecule has 1 aromatic rings. The predicted octanol–water partition coefficient (Wildman–Crippen LogP) is 2.77. The molecule has 2 rings (SSSR count). The molecular weight excluding hydrogens is 299 g/mol. The first kappa shape index (κ1) is 17.5. The number of anilines is 1. The predicted molar refractivity (Wildman–Crippen MR) is 87.4 cm³/mol. The number of carboxylic acid groups (broad SMARTS) is 1. The summed E-state index contributed by atoms with van der Waals surface area (Å²) in [6.45, 7) is 5.53. The number of nitrogens with one attached hydrogen (secondary N) is 2. The van der Waals surface area contributed by atoms with Crippen molar-refractivity contribution in [2.75, 3.05) is 25.0 Å². The molecule has 128 valence electrons. The number of carbonyl (C=O) groups is 1. The Morgan fingerprint density at radius 2 is 2.26 bits per heavy atom. The summed E-state index contributed by atoms with van der Waals surface area (Å²) in [7, 11) is 0. The first-order chi connectivity index (χ1) is 10.9. The number of halogens is 1. The molecular formula is C17H25FN2O3. The topological polar surface area (TPSA) is 81.6 Å². The van der Waals surface area contributed by atoms with Gasteiger partial charge in [-0.3, -0.25) is 4.79 Å². The third kappa shape index (κ3) is 4.58. The van der Waals surface area contributed by atoms with Crippen molar-refractivity contribution < 1.29 is 19.4 Å². The Labute approximate surface area is 135 Å². The first-order valence-electron chi connectivity index (χ1n) is 8.07. The van der Waals surface area contributed by atoms with Gasteiger partial charge < -0.3 is 20.8 Å². The van der Waals surface area contributed by atoms with Crippen LogP contribution in [0.15, 0.2) is 12.1 Å². The Morgan fingerprint density at radius 3 is 2.96 bits per heavy atom. The number of fused-ring (bicyclic) bond motifs is 1. The first-order valence-corrected chi connectivity index (χ1v) is 8.07. The van der Waals surface area contributed by atoms with Crippen LogP contribution in [0.25, 0.3) is 0 Å². The third-order valence-corrected chi connectivity index (χ3v) is 4.64. The molecule has 1 aromatic carbocycles. The fourth-order valence-corrected chi connectivity index (χ4v) is 3.20. The minimum atomic E-state index is -0.847. The van der Waals surface area contributed by atoms with Gasteiger partial charge in [0.05, 0.1) is 12.2 Å². The summed E-state index contributed by atoms with van der Waals surface area (Å²) in [5, 5.41) is 24.3. The summed E-state index contributed by atoms with van der Waals surface area (Å²) in [6, 6.07) is 2.77. The van der Waals surface area contributed by atoms with E-state index in [0.29, 0.717) is 30.6 Å². The molecule has 0 radical (unpaired) electrons. The molecule has 4 N–H and O–H groups in total. The van der Waals surface area contributed by atoms with Gasteiger partial charge in [0.25, 0.3) is 0 Å². The van der Waals surface area contributed by atoms with Crippen LogP contribution < -0.4 is 10.6 Å². The Kier molecular flexibility index (Phi) is 5.82. The van der Waals surface area contributed by atoms with Gasteiger partial charge in [0.2, 0.25) is 0 Å². The average Bonchev–Trinajstić information content (AvgIpc) is 2.46. The van der Waals surface area contributed by atoms with Crippen LogP contribution in [-0.2, 0) is 4.79 Å². The van der Waals surface area contributed by atoms with Crippen LogP contribution in [-0.4, -0.2) is 35.8 Å². The standard InChI is InChI=1S/C17H25FN2O3/c1-10(7-19-9-16(22)23)3-4-12-8-20-17-14(11(12)2)5-13(21)6-15(17)18/h5-6,10-12,19-21H,3-4,7-9H2,1-2H3,(H,22,23). The lowest BCUT2D eigenvalue weighted by Gasteiger charge is -2.33. The van der Waals surface area contributed by atoms with Crippen LogP contribution >= 0.6 is 0 Å². The van der Waals surface area contributed by atoms with Crippen LogP contribution in [0.1, 0.15) is 38.2 Å². The van der Waals surface area contributed by atoms with E-state index in [1.54, 1.807) is 6.07 Å². The van der Waals surface area contributed by atoms with Gasteiger partial charge in [-0.2, -0.15) is 0 Å². The normalized spacial score (nSPS) is 21.3. The minimum absolute atomic E-state index is 0.0162. The van der Waals surface area contributed by atoms with Gasteiger partial charge in [0.15, 0.2) is 0 Å². The van der Waals surface area contributed by atoms with Crippen molar-refractivity contribution in [3.8, 4) is 5.75 Å². The zero-order valence-corrected chi connectivity index (χ0v) is 13.6. The Balaban J connectivity index is 1.89. The van der Waals surface area contributed by atoms with Crippen LogP contribution in [0, 0.1) is 17.7 Å². The Bertz CT molecular complexity index is 565. The van der Waals surface area contributed by atoms with E-state index in [9.17, 15) is 14.3 Å². The van der Waals surface area contributed by atoms with E-state index in [4.69, 9.17) is 5.11 Å². The molecule has 5 nitrogen and oxygen atoms in total. The molecule has 0 aromatic heterocycles. The Morgan fingerprint density at radius 1 is 1.52 bits per heavy atom. The fourth-order valence-electron chi connectivity index (χ4n) is 3.20. The number of phenols is 1. The van der Waals surface area contributed by atoms with Crippen molar-refractivity contribution in [1.29, 1.82) is 0 Å². The van der Waals surface area contributed by atoms with Crippen molar-refractivity contribution in [2.45, 2.75) is 32.6 Å². The van der Waals surface area contributed by atoms with Crippen LogP contribution in [0.4, 0.5) is 10.1 Å². The lowest BCUT2D eigenvalue weighted by atomic mass is 9.79. The molecule has 0 aliphatic carbocycles. The third-order valence-electron chi connectivity index (χ3n) is 4.64. The van der Waals surface area contributed by atoms with Crippen molar-refractivity contribution in [1.82, 2.24) is 5.32 Å². The van der Waals surface area contributed by atoms with Gasteiger partial charge in [0, 0.05) is 12.6 Å². The van der Waals surface area contributed by atoms with Crippen LogP contribution in [0.3, 0.4) is 0 Å². The molecule has 23 heavy (non-hydrogen) atoms. The van der Waals surface area contributed by atoms with Gasteiger partial charge >= 0.3 is 5.97 Å². The van der Waals surface area contributed by atoms with E-state index in [0.717, 1.165) is 24.5 Å². The zero-order valence-electron chi connectivity index (χ0n) is 13.6. The molecule has 0 amide bonds. The van der Waals surface area contributed by atoms with E-state index >= 15 is 0 Å². The smallest absolute Gasteiger partial charge is 0.317 e. The molecule has 0 saturated carbocycles. The number of aromatic hydroxyl groups is 1. The van der Waals surface area contributed by atoms with E-state index in [2.05, 4.69) is 24.5 Å². The van der Waals surface area contributed by atoms with E-state index in [-0.39, 0.29) is 18.2 Å². The highest BCUT2D eigenvalue weighted by molar-refractivity contribution is 5.68. The number of benzene rings is 1. The molecule has 3 unspecified atom stereocenters. The van der Waals surface area contributed by atoms with Crippen LogP contribution in [0.5, 0.6) is 5.75 Å². The second kappa shape index (κ2) is 7.64. The minimum Gasteiger partial charge on any atom is -0.508 e. The number of aliphatic carboxylic acids is 1. The highest BCUT2D eigenvalue weighted by Gasteiger charge is 2.28. The van der Waals surface area contributed by atoms with Gasteiger partial charge in [-0.05, 0) is 48.8 Å². The molecule has 1 heterocycles. The zero-order chi connectivity index (χ0) is 17.0. The van der Waals surface area contributed by atoms with Gasteiger partial charge in [-0.25, -0.2) is 4.39 Å². The highest BCUT2D eigenvalue weighted by atomic mass is 19.1. The summed E-state index contributed by atoms with van der Waals surface area (Å²) in [4.78, 5) is 10.5. The number of carboxylic acids is 1. The summed E-state index contributed by atoms with van der Waals surface area (Å²) < 4.78 is 13.9. The van der Waals surface area contributed by atoms with Crippen LogP contribution in [0.2, 0.25) is 0 Å². The number of hydrogen-bond acceptors (Lipinski definition) is 4. The lowest BCUT2D eigenvalue weighted by molar-refractivity contribution is -0.136. The maximum absolute atomic E-state index is 13.9. The second-order valence-corrected chi connectivity index (χ2v) is 6.53. The molecule has 0 spiro atoms. The molecule has 1 aliphatic rings.